The molecule has 0 saturated carbocycles. The lowest BCUT2D eigenvalue weighted by Crippen LogP contribution is -2.09. The highest BCUT2D eigenvalue weighted by atomic mass is 79.9. The van der Waals surface area contributed by atoms with Crippen LogP contribution in [0.2, 0.25) is 0 Å². The molecule has 0 unspecified atom stereocenters. The normalized spacial score (nSPS) is 13.9. The van der Waals surface area contributed by atoms with E-state index in [9.17, 15) is 9.90 Å². The second-order valence-electron chi connectivity index (χ2n) is 5.70. The number of rotatable bonds is 4. The molecule has 0 saturated heterocycles. The monoisotopic (exact) mass is 485 g/mol. The summed E-state index contributed by atoms with van der Waals surface area (Å²) in [6.07, 6.45) is 5.85. The predicted molar refractivity (Wildman–Crippen MR) is 108 cm³/mol. The topological polar surface area (TPSA) is 58.9 Å². The van der Waals surface area contributed by atoms with Gasteiger partial charge in [0, 0.05) is 11.1 Å². The Balaban J connectivity index is 1.99. The Morgan fingerprint density at radius 2 is 2.00 bits per heavy atom. The van der Waals surface area contributed by atoms with Crippen LogP contribution in [-0.2, 0) is 17.6 Å². The minimum atomic E-state index is -0.290. The molecule has 0 amide bonds. The Labute approximate surface area is 167 Å². The number of carbonyl (C=O) groups is 1. The van der Waals surface area contributed by atoms with Crippen molar-refractivity contribution >= 4 is 60.4 Å². The van der Waals surface area contributed by atoms with Crippen molar-refractivity contribution in [2.75, 3.05) is 6.61 Å². The maximum Gasteiger partial charge on any atom is 0.341 e. The van der Waals surface area contributed by atoms with E-state index >= 15 is 0 Å². The number of ether oxygens (including phenoxy) is 1. The lowest BCUT2D eigenvalue weighted by atomic mass is 9.95. The van der Waals surface area contributed by atoms with Gasteiger partial charge in [-0.15, -0.1) is 11.3 Å². The minimum Gasteiger partial charge on any atom is -0.506 e. The van der Waals surface area contributed by atoms with Crippen LogP contribution in [0.15, 0.2) is 26.1 Å². The van der Waals surface area contributed by atoms with Gasteiger partial charge < -0.3 is 9.84 Å². The number of fused-ring (bicyclic) bond motifs is 1. The average Bonchev–Trinajstić information content (AvgIpc) is 2.96. The van der Waals surface area contributed by atoms with E-state index in [4.69, 9.17) is 4.74 Å². The number of nitrogens with zero attached hydrogens (tertiary/aromatic N) is 1. The number of hydrogen-bond acceptors (Lipinski definition) is 5. The molecule has 3 rings (SSSR count). The Morgan fingerprint density at radius 1 is 1.32 bits per heavy atom. The zero-order valence-electron chi connectivity index (χ0n) is 13.6. The number of aliphatic imine (C=N–C) groups is 1. The van der Waals surface area contributed by atoms with Crippen molar-refractivity contribution in [3.8, 4) is 5.75 Å². The molecule has 1 aromatic carbocycles. The first kappa shape index (κ1) is 18.6. The van der Waals surface area contributed by atoms with Crippen LogP contribution in [0.1, 0.15) is 46.1 Å². The first-order chi connectivity index (χ1) is 12.0. The van der Waals surface area contributed by atoms with E-state index in [1.807, 2.05) is 6.92 Å². The van der Waals surface area contributed by atoms with Gasteiger partial charge in [-0.3, -0.25) is 0 Å². The fourth-order valence-corrected chi connectivity index (χ4v) is 5.29. The molecular weight excluding hydrogens is 470 g/mol. The standard InChI is InChI=1S/C18H17Br2NO3S/c1-2-24-18(23)15-11-5-3-4-6-14(11)25-17(15)21-9-10-7-12(19)16(22)13(20)8-10/h7-9,22H,2-6H2,1H3. The number of halogens is 2. The molecule has 0 fully saturated rings. The third-order valence-corrected chi connectivity index (χ3v) is 6.41. The van der Waals surface area contributed by atoms with E-state index in [0.29, 0.717) is 26.1 Å². The Hall–Kier alpha value is -1.18. The smallest absolute Gasteiger partial charge is 0.341 e. The van der Waals surface area contributed by atoms with Crippen LogP contribution in [-0.4, -0.2) is 23.9 Å². The molecule has 0 spiro atoms. The summed E-state index contributed by atoms with van der Waals surface area (Å²) in [7, 11) is 0. The summed E-state index contributed by atoms with van der Waals surface area (Å²) in [6, 6.07) is 3.56. The number of carbonyl (C=O) groups excluding carboxylic acids is 1. The lowest BCUT2D eigenvalue weighted by molar-refractivity contribution is 0.0526. The molecular formula is C18H17Br2NO3S. The summed E-state index contributed by atoms with van der Waals surface area (Å²) in [6.45, 7) is 2.16. The number of aromatic hydroxyl groups is 1. The van der Waals surface area contributed by atoms with E-state index in [-0.39, 0.29) is 11.7 Å². The summed E-state index contributed by atoms with van der Waals surface area (Å²) in [5.41, 5.74) is 2.54. The molecule has 0 bridgehead atoms. The highest BCUT2D eigenvalue weighted by molar-refractivity contribution is 9.11. The number of hydrogen-bond donors (Lipinski definition) is 1. The van der Waals surface area contributed by atoms with Gasteiger partial charge in [-0.25, -0.2) is 9.79 Å². The summed E-state index contributed by atoms with van der Waals surface area (Å²) >= 11 is 8.20. The molecule has 4 nitrogen and oxygen atoms in total. The summed E-state index contributed by atoms with van der Waals surface area (Å²) in [5.74, 6) is -0.141. The van der Waals surface area contributed by atoms with Gasteiger partial charge in [0.25, 0.3) is 0 Å². The first-order valence-corrected chi connectivity index (χ1v) is 10.4. The van der Waals surface area contributed by atoms with Crippen molar-refractivity contribution in [1.82, 2.24) is 0 Å². The molecule has 1 aliphatic rings. The quantitative estimate of drug-likeness (QED) is 0.439. The SMILES string of the molecule is CCOC(=O)c1c(N=Cc2cc(Br)c(O)c(Br)c2)sc2c1CCCC2. The van der Waals surface area contributed by atoms with Crippen LogP contribution in [0, 0.1) is 0 Å². The summed E-state index contributed by atoms with van der Waals surface area (Å²) < 4.78 is 6.41. The Kier molecular flexibility index (Phi) is 5.96. The van der Waals surface area contributed by atoms with Crippen molar-refractivity contribution < 1.29 is 14.6 Å². The minimum absolute atomic E-state index is 0.149. The fourth-order valence-electron chi connectivity index (χ4n) is 2.85. The van der Waals surface area contributed by atoms with E-state index in [1.165, 1.54) is 4.88 Å². The van der Waals surface area contributed by atoms with E-state index in [1.54, 1.807) is 29.7 Å². The van der Waals surface area contributed by atoms with Crippen molar-refractivity contribution in [3.05, 3.63) is 42.6 Å². The maximum atomic E-state index is 12.4. The molecule has 1 aliphatic carbocycles. The Morgan fingerprint density at radius 3 is 2.68 bits per heavy atom. The van der Waals surface area contributed by atoms with Gasteiger partial charge in [-0.1, -0.05) is 0 Å². The summed E-state index contributed by atoms with van der Waals surface area (Å²) in [5, 5.41) is 10.5. The molecule has 0 atom stereocenters. The zero-order valence-corrected chi connectivity index (χ0v) is 17.6. The van der Waals surface area contributed by atoms with Gasteiger partial charge in [0.05, 0.1) is 21.1 Å². The van der Waals surface area contributed by atoms with Gasteiger partial charge in [0.1, 0.15) is 10.8 Å². The van der Waals surface area contributed by atoms with Gasteiger partial charge >= 0.3 is 5.97 Å². The van der Waals surface area contributed by atoms with Crippen LogP contribution >= 0.6 is 43.2 Å². The number of thiophene rings is 1. The van der Waals surface area contributed by atoms with Gasteiger partial charge in [-0.05, 0) is 87.7 Å². The zero-order chi connectivity index (χ0) is 18.0. The van der Waals surface area contributed by atoms with E-state index in [2.05, 4.69) is 36.9 Å². The fraction of sp³-hybridized carbons (Fsp3) is 0.333. The Bertz CT molecular complexity index is 822. The largest absolute Gasteiger partial charge is 0.506 e. The molecule has 1 N–H and O–H groups in total. The van der Waals surface area contributed by atoms with Gasteiger partial charge in [-0.2, -0.15) is 0 Å². The van der Waals surface area contributed by atoms with Crippen molar-refractivity contribution in [1.29, 1.82) is 0 Å². The average molecular weight is 487 g/mol. The molecule has 1 heterocycles. The number of aryl methyl sites for hydroxylation is 1. The molecule has 7 heteroatoms. The van der Waals surface area contributed by atoms with E-state index in [0.717, 1.165) is 36.8 Å². The van der Waals surface area contributed by atoms with Crippen molar-refractivity contribution in [3.63, 3.8) is 0 Å². The predicted octanol–water partition coefficient (Wildman–Crippen LogP) is 5.78. The number of benzene rings is 1. The third kappa shape index (κ3) is 3.99. The molecule has 0 aliphatic heterocycles. The van der Waals surface area contributed by atoms with Gasteiger partial charge in [0.15, 0.2) is 0 Å². The van der Waals surface area contributed by atoms with Crippen molar-refractivity contribution in [2.24, 2.45) is 4.99 Å². The van der Waals surface area contributed by atoms with Crippen LogP contribution < -0.4 is 0 Å². The second-order valence-corrected chi connectivity index (χ2v) is 8.50. The van der Waals surface area contributed by atoms with Crippen molar-refractivity contribution in [2.45, 2.75) is 32.6 Å². The molecule has 2 aromatic rings. The maximum absolute atomic E-state index is 12.4. The van der Waals surface area contributed by atoms with Crippen LogP contribution in [0.25, 0.3) is 0 Å². The van der Waals surface area contributed by atoms with Crippen LogP contribution in [0.4, 0.5) is 5.00 Å². The molecule has 1 aromatic heterocycles. The van der Waals surface area contributed by atoms with Crippen LogP contribution in [0.5, 0.6) is 5.75 Å². The molecule has 132 valence electrons. The number of phenols is 1. The number of phenolic OH excluding ortho intramolecular Hbond substituents is 1. The summed E-state index contributed by atoms with van der Waals surface area (Å²) in [4.78, 5) is 18.2. The highest BCUT2D eigenvalue weighted by Gasteiger charge is 2.26. The van der Waals surface area contributed by atoms with Gasteiger partial charge in [0.2, 0.25) is 0 Å². The molecule has 25 heavy (non-hydrogen) atoms. The molecule has 0 radical (unpaired) electrons. The first-order valence-electron chi connectivity index (χ1n) is 8.05. The lowest BCUT2D eigenvalue weighted by Gasteiger charge is -2.11. The highest BCUT2D eigenvalue weighted by Crippen LogP contribution is 2.40. The number of esters is 1. The third-order valence-electron chi connectivity index (χ3n) is 4.00. The van der Waals surface area contributed by atoms with E-state index < -0.39 is 0 Å². The van der Waals surface area contributed by atoms with Crippen LogP contribution in [0.3, 0.4) is 0 Å². The second kappa shape index (κ2) is 8.01.